The largest absolute Gasteiger partial charge is 0.352 e. The number of hydrogen-bond donors (Lipinski definition) is 2. The summed E-state index contributed by atoms with van der Waals surface area (Å²) >= 11 is 6.06. The van der Waals surface area contributed by atoms with Crippen LogP contribution in [0.3, 0.4) is 0 Å². The Bertz CT molecular complexity index is 1100. The first-order valence-corrected chi connectivity index (χ1v) is 11.4. The third-order valence-electron chi connectivity index (χ3n) is 7.23. The quantitative estimate of drug-likeness (QED) is 0.744. The second-order valence-electron chi connectivity index (χ2n) is 9.40. The van der Waals surface area contributed by atoms with Gasteiger partial charge in [0.2, 0.25) is 17.7 Å². The highest BCUT2D eigenvalue weighted by Gasteiger charge is 2.65. The van der Waals surface area contributed by atoms with Crippen LogP contribution in [0.2, 0.25) is 5.02 Å². The molecule has 1 aliphatic carbocycles. The molecule has 2 aromatic rings. The maximum atomic E-state index is 13.6. The van der Waals surface area contributed by atoms with Gasteiger partial charge in [-0.15, -0.1) is 0 Å². The molecule has 3 amide bonds. The molecule has 7 heteroatoms. The van der Waals surface area contributed by atoms with E-state index in [0.29, 0.717) is 18.0 Å². The molecule has 2 aromatic carbocycles. The number of likely N-dealkylation sites (tertiary alicyclic amines) is 1. The summed E-state index contributed by atoms with van der Waals surface area (Å²) in [4.78, 5) is 41.3. The number of para-hydroxylation sites is 1. The summed E-state index contributed by atoms with van der Waals surface area (Å²) in [6.45, 7) is 4.24. The summed E-state index contributed by atoms with van der Waals surface area (Å²) in [6.07, 6.45) is 0.939. The fourth-order valence-electron chi connectivity index (χ4n) is 5.82. The van der Waals surface area contributed by atoms with Gasteiger partial charge in [0.15, 0.2) is 0 Å². The Morgan fingerprint density at radius 2 is 1.88 bits per heavy atom. The van der Waals surface area contributed by atoms with Gasteiger partial charge in [-0.25, -0.2) is 0 Å². The average Bonchev–Trinajstić information content (AvgIpc) is 2.72. The Labute approximate surface area is 192 Å². The fourth-order valence-corrected chi connectivity index (χ4v) is 5.94. The normalized spacial score (nSPS) is 26.9. The lowest BCUT2D eigenvalue weighted by Gasteiger charge is -2.62. The number of anilines is 1. The monoisotopic (exact) mass is 451 g/mol. The number of amides is 3. The minimum Gasteiger partial charge on any atom is -0.352 e. The molecule has 2 N–H and O–H groups in total. The van der Waals surface area contributed by atoms with Crippen molar-refractivity contribution in [2.75, 3.05) is 11.9 Å². The molecule has 1 spiro atoms. The minimum atomic E-state index is -0.730. The van der Waals surface area contributed by atoms with Crippen LogP contribution in [0.25, 0.3) is 0 Å². The van der Waals surface area contributed by atoms with Crippen molar-refractivity contribution in [2.45, 2.75) is 44.2 Å². The molecule has 0 aromatic heterocycles. The third kappa shape index (κ3) is 3.12. The lowest BCUT2D eigenvalue weighted by molar-refractivity contribution is -0.160. The highest BCUT2D eigenvalue weighted by Crippen LogP contribution is 2.62. The zero-order valence-electron chi connectivity index (χ0n) is 18.1. The van der Waals surface area contributed by atoms with E-state index in [-0.39, 0.29) is 42.0 Å². The van der Waals surface area contributed by atoms with Gasteiger partial charge >= 0.3 is 0 Å². The lowest BCUT2D eigenvalue weighted by Crippen LogP contribution is -2.68. The molecule has 2 fully saturated rings. The topological polar surface area (TPSA) is 78.5 Å². The third-order valence-corrected chi connectivity index (χ3v) is 7.48. The van der Waals surface area contributed by atoms with E-state index >= 15 is 0 Å². The van der Waals surface area contributed by atoms with Crippen molar-refractivity contribution in [1.29, 1.82) is 0 Å². The zero-order valence-corrected chi connectivity index (χ0v) is 18.9. The molecule has 2 aliphatic heterocycles. The summed E-state index contributed by atoms with van der Waals surface area (Å²) in [5, 5.41) is 6.54. The van der Waals surface area contributed by atoms with Crippen molar-refractivity contribution in [2.24, 2.45) is 11.8 Å². The van der Waals surface area contributed by atoms with Gasteiger partial charge in [-0.2, -0.15) is 0 Å². The molecule has 32 heavy (non-hydrogen) atoms. The van der Waals surface area contributed by atoms with Gasteiger partial charge in [-0.3, -0.25) is 14.4 Å². The molecule has 4 atom stereocenters. The molecule has 1 saturated heterocycles. The van der Waals surface area contributed by atoms with Crippen LogP contribution in [-0.2, 0) is 19.8 Å². The molecule has 1 saturated carbocycles. The van der Waals surface area contributed by atoms with Gasteiger partial charge < -0.3 is 15.5 Å². The Balaban J connectivity index is 1.51. The number of fused-ring (bicyclic) bond motifs is 1. The van der Waals surface area contributed by atoms with E-state index in [1.54, 1.807) is 29.2 Å². The van der Waals surface area contributed by atoms with Crippen molar-refractivity contribution in [3.63, 3.8) is 0 Å². The predicted molar refractivity (Wildman–Crippen MR) is 122 cm³/mol. The predicted octanol–water partition coefficient (Wildman–Crippen LogP) is 3.66. The minimum absolute atomic E-state index is 0.00648. The number of carbonyl (C=O) groups is 3. The molecule has 166 valence electrons. The summed E-state index contributed by atoms with van der Waals surface area (Å²) in [5.41, 5.74) is 2.09. The van der Waals surface area contributed by atoms with Crippen LogP contribution in [0.5, 0.6) is 0 Å². The number of rotatable bonds is 4. The van der Waals surface area contributed by atoms with E-state index in [2.05, 4.69) is 10.6 Å². The van der Waals surface area contributed by atoms with Crippen LogP contribution in [0.15, 0.2) is 48.5 Å². The van der Waals surface area contributed by atoms with E-state index in [1.165, 1.54) is 0 Å². The van der Waals surface area contributed by atoms with Gasteiger partial charge in [0.05, 0.1) is 0 Å². The van der Waals surface area contributed by atoms with Crippen molar-refractivity contribution in [3.05, 3.63) is 64.7 Å². The van der Waals surface area contributed by atoms with Gasteiger partial charge in [-0.05, 0) is 55.5 Å². The van der Waals surface area contributed by atoms with E-state index in [1.807, 2.05) is 38.1 Å². The van der Waals surface area contributed by atoms with E-state index < -0.39 is 11.5 Å². The maximum absolute atomic E-state index is 13.6. The van der Waals surface area contributed by atoms with E-state index in [4.69, 9.17) is 11.6 Å². The first-order chi connectivity index (χ1) is 15.3. The van der Waals surface area contributed by atoms with Crippen molar-refractivity contribution < 1.29 is 14.4 Å². The number of nitrogens with one attached hydrogen (secondary N) is 2. The highest BCUT2D eigenvalue weighted by atomic mass is 35.5. The number of halogens is 1. The van der Waals surface area contributed by atoms with Crippen molar-refractivity contribution >= 4 is 35.0 Å². The molecular weight excluding hydrogens is 426 g/mol. The molecule has 0 radical (unpaired) electrons. The molecule has 5 rings (SSSR count). The average molecular weight is 452 g/mol. The second-order valence-corrected chi connectivity index (χ2v) is 9.84. The van der Waals surface area contributed by atoms with Crippen LogP contribution in [0.1, 0.15) is 43.9 Å². The molecule has 3 aliphatic rings. The number of hydrogen-bond acceptors (Lipinski definition) is 3. The Hall–Kier alpha value is -2.86. The van der Waals surface area contributed by atoms with Crippen LogP contribution in [0, 0.1) is 11.8 Å². The fraction of sp³-hybridized carbons (Fsp3) is 0.400. The van der Waals surface area contributed by atoms with Crippen LogP contribution in [0.4, 0.5) is 5.69 Å². The van der Waals surface area contributed by atoms with E-state index in [9.17, 15) is 14.4 Å². The van der Waals surface area contributed by atoms with Crippen molar-refractivity contribution in [1.82, 2.24) is 10.2 Å². The summed E-state index contributed by atoms with van der Waals surface area (Å²) in [7, 11) is 0. The number of benzene rings is 2. The van der Waals surface area contributed by atoms with E-state index in [0.717, 1.165) is 16.8 Å². The van der Waals surface area contributed by atoms with Gasteiger partial charge in [0.1, 0.15) is 6.04 Å². The van der Waals surface area contributed by atoms with Gasteiger partial charge in [0.25, 0.3) is 0 Å². The highest BCUT2D eigenvalue weighted by molar-refractivity contribution is 6.30. The first-order valence-electron chi connectivity index (χ1n) is 11.1. The van der Waals surface area contributed by atoms with Crippen LogP contribution < -0.4 is 10.6 Å². The Kier molecular flexibility index (Phi) is 5.01. The van der Waals surface area contributed by atoms with Crippen LogP contribution >= 0.6 is 11.6 Å². The first kappa shape index (κ1) is 21.0. The van der Waals surface area contributed by atoms with Gasteiger partial charge in [0, 0.05) is 41.1 Å². The number of nitrogens with zero attached hydrogens (tertiary/aromatic N) is 1. The number of piperidine rings is 1. The van der Waals surface area contributed by atoms with Crippen LogP contribution in [-0.4, -0.2) is 35.2 Å². The lowest BCUT2D eigenvalue weighted by atomic mass is 9.45. The summed E-state index contributed by atoms with van der Waals surface area (Å²) in [5.74, 6) is -0.391. The smallest absolute Gasteiger partial charge is 0.247 e. The summed E-state index contributed by atoms with van der Waals surface area (Å²) in [6, 6.07) is 14.1. The van der Waals surface area contributed by atoms with Gasteiger partial charge in [-0.1, -0.05) is 41.9 Å². The second kappa shape index (κ2) is 7.62. The molecule has 6 nitrogen and oxygen atoms in total. The zero-order chi connectivity index (χ0) is 22.6. The molecule has 2 unspecified atom stereocenters. The SMILES string of the molecule is CC(C)NC(=O)C(c1ccc(Cl)cc1)N1C[C@H]2CC3C(=O)Nc4ccccc4[C@@]32CC1=O. The maximum Gasteiger partial charge on any atom is 0.247 e. The van der Waals surface area contributed by atoms with Crippen molar-refractivity contribution in [3.8, 4) is 0 Å². The standard InChI is InChI=1S/C25H26ClN3O3/c1-14(2)27-24(32)22(15-7-9-17(26)10-8-15)29-13-16-11-19-23(31)28-20-6-4-3-5-18(20)25(16,19)12-21(29)30/h3-10,14,16,19,22H,11-13H2,1-2H3,(H,27,32)(H,28,31)/t16-,19?,22?,25+/m1/s1. The Morgan fingerprint density at radius 3 is 2.59 bits per heavy atom. The summed E-state index contributed by atoms with van der Waals surface area (Å²) < 4.78 is 0. The molecule has 0 bridgehead atoms. The molecular formula is C25H26ClN3O3. The number of carbonyl (C=O) groups excluding carboxylic acids is 3. The Morgan fingerprint density at radius 1 is 1.16 bits per heavy atom. The molecule has 2 heterocycles.